The lowest BCUT2D eigenvalue weighted by molar-refractivity contribution is -0.122. The van der Waals surface area contributed by atoms with Crippen LogP contribution in [0, 0.1) is 13.8 Å². The number of rotatable bonds is 7. The molecule has 0 bridgehead atoms. The van der Waals surface area contributed by atoms with Crippen molar-refractivity contribution in [1.82, 2.24) is 20.0 Å². The number of nitrogens with one attached hydrogen (secondary N) is 1. The molecule has 1 aromatic heterocycles. The highest BCUT2D eigenvalue weighted by Crippen LogP contribution is 2.31. The summed E-state index contributed by atoms with van der Waals surface area (Å²) in [4.78, 5) is 39.3. The van der Waals surface area contributed by atoms with E-state index in [-0.39, 0.29) is 30.1 Å². The first-order valence-corrected chi connectivity index (χ1v) is 11.4. The summed E-state index contributed by atoms with van der Waals surface area (Å²) in [6.07, 6.45) is 1.71. The monoisotopic (exact) mass is 460 g/mol. The molecular formula is C25H24N4O3S. The van der Waals surface area contributed by atoms with E-state index >= 15 is 0 Å². The normalized spacial score (nSPS) is 14.8. The van der Waals surface area contributed by atoms with E-state index < -0.39 is 0 Å². The number of amides is 3. The van der Waals surface area contributed by atoms with Crippen LogP contribution in [0.3, 0.4) is 0 Å². The fraction of sp³-hybridized carbons (Fsp3) is 0.200. The number of nitrogens with zero attached hydrogens (tertiary/aromatic N) is 3. The van der Waals surface area contributed by atoms with E-state index in [4.69, 9.17) is 0 Å². The summed E-state index contributed by atoms with van der Waals surface area (Å²) in [7, 11) is 0. The zero-order valence-electron chi connectivity index (χ0n) is 18.4. The van der Waals surface area contributed by atoms with Crippen LogP contribution in [0.15, 0.2) is 65.6 Å². The number of hydrogen-bond acceptors (Lipinski definition) is 5. The van der Waals surface area contributed by atoms with Crippen LogP contribution in [-0.2, 0) is 11.3 Å². The third-order valence-corrected chi connectivity index (χ3v) is 6.28. The van der Waals surface area contributed by atoms with Crippen molar-refractivity contribution in [2.75, 3.05) is 13.1 Å². The number of carbonyl (C=O) groups is 3. The first kappa shape index (κ1) is 22.5. The zero-order chi connectivity index (χ0) is 23.4. The summed E-state index contributed by atoms with van der Waals surface area (Å²) in [5.74, 6) is -0.609. The van der Waals surface area contributed by atoms with Gasteiger partial charge in [-0.15, -0.1) is 0 Å². The van der Waals surface area contributed by atoms with E-state index in [0.717, 1.165) is 33.5 Å². The SMILES string of the molecule is Cc1nn(Cc2ccccc2)c(C)c1C(=O)NCCN1C(=O)S/C(=C/c2ccccc2)C1=O. The fourth-order valence-electron chi connectivity index (χ4n) is 3.70. The third kappa shape index (κ3) is 5.06. The number of carbonyl (C=O) groups excluding carboxylic acids is 3. The number of benzene rings is 2. The number of aromatic nitrogens is 2. The van der Waals surface area contributed by atoms with Crippen molar-refractivity contribution in [2.24, 2.45) is 0 Å². The van der Waals surface area contributed by atoms with Gasteiger partial charge in [-0.1, -0.05) is 60.7 Å². The third-order valence-electron chi connectivity index (χ3n) is 5.38. The van der Waals surface area contributed by atoms with Gasteiger partial charge in [0.25, 0.3) is 17.1 Å². The lowest BCUT2D eigenvalue weighted by Crippen LogP contribution is -2.37. The van der Waals surface area contributed by atoms with Crippen molar-refractivity contribution in [1.29, 1.82) is 0 Å². The van der Waals surface area contributed by atoms with Crippen LogP contribution in [0.1, 0.15) is 32.9 Å². The van der Waals surface area contributed by atoms with Gasteiger partial charge in [-0.25, -0.2) is 0 Å². The highest BCUT2D eigenvalue weighted by atomic mass is 32.2. The van der Waals surface area contributed by atoms with E-state index in [0.29, 0.717) is 22.7 Å². The average Bonchev–Trinajstić information content (AvgIpc) is 3.23. The van der Waals surface area contributed by atoms with Gasteiger partial charge < -0.3 is 5.32 Å². The van der Waals surface area contributed by atoms with Crippen LogP contribution in [0.25, 0.3) is 6.08 Å². The van der Waals surface area contributed by atoms with Gasteiger partial charge in [0.05, 0.1) is 22.7 Å². The fourth-order valence-corrected chi connectivity index (χ4v) is 4.56. The van der Waals surface area contributed by atoms with Crippen molar-refractivity contribution in [3.63, 3.8) is 0 Å². The largest absolute Gasteiger partial charge is 0.350 e. The van der Waals surface area contributed by atoms with Crippen LogP contribution in [0.4, 0.5) is 4.79 Å². The highest BCUT2D eigenvalue weighted by Gasteiger charge is 2.34. The van der Waals surface area contributed by atoms with Crippen LogP contribution < -0.4 is 5.32 Å². The second-order valence-electron chi connectivity index (χ2n) is 7.69. The Bertz CT molecular complexity index is 1220. The molecule has 1 fully saturated rings. The quantitative estimate of drug-likeness (QED) is 0.539. The summed E-state index contributed by atoms with van der Waals surface area (Å²) in [6.45, 7) is 4.51. The molecule has 2 aromatic carbocycles. The average molecular weight is 461 g/mol. The second-order valence-corrected chi connectivity index (χ2v) is 8.68. The summed E-state index contributed by atoms with van der Waals surface area (Å²) in [5.41, 5.74) is 3.88. The molecule has 8 heteroatoms. The smallest absolute Gasteiger partial charge is 0.293 e. The minimum absolute atomic E-state index is 0.110. The molecule has 7 nitrogen and oxygen atoms in total. The van der Waals surface area contributed by atoms with Gasteiger partial charge in [-0.3, -0.25) is 24.0 Å². The maximum absolute atomic E-state index is 12.8. The topological polar surface area (TPSA) is 84.3 Å². The van der Waals surface area contributed by atoms with Gasteiger partial charge in [-0.05, 0) is 42.8 Å². The molecule has 0 unspecified atom stereocenters. The van der Waals surface area contributed by atoms with Crippen molar-refractivity contribution in [2.45, 2.75) is 20.4 Å². The number of hydrogen-bond donors (Lipinski definition) is 1. The Morgan fingerprint density at radius 2 is 1.70 bits per heavy atom. The molecule has 0 atom stereocenters. The van der Waals surface area contributed by atoms with Gasteiger partial charge in [0.15, 0.2) is 0 Å². The molecule has 2 heterocycles. The Kier molecular flexibility index (Phi) is 6.74. The maximum Gasteiger partial charge on any atom is 0.293 e. The molecular weight excluding hydrogens is 436 g/mol. The summed E-state index contributed by atoms with van der Waals surface area (Å²) in [6, 6.07) is 19.3. The number of aryl methyl sites for hydroxylation is 1. The maximum atomic E-state index is 12.8. The molecule has 168 valence electrons. The number of thioether (sulfide) groups is 1. The van der Waals surface area contributed by atoms with Crippen LogP contribution in [0.2, 0.25) is 0 Å². The van der Waals surface area contributed by atoms with Crippen molar-refractivity contribution < 1.29 is 14.4 Å². The Morgan fingerprint density at radius 3 is 2.39 bits per heavy atom. The lowest BCUT2D eigenvalue weighted by atomic mass is 10.1. The summed E-state index contributed by atoms with van der Waals surface area (Å²) >= 11 is 0.913. The minimum Gasteiger partial charge on any atom is -0.350 e. The molecule has 0 aliphatic carbocycles. The van der Waals surface area contributed by atoms with Gasteiger partial charge in [-0.2, -0.15) is 5.10 Å². The predicted octanol–water partition coefficient (Wildman–Crippen LogP) is 4.01. The molecule has 0 saturated carbocycles. The molecule has 0 radical (unpaired) electrons. The summed E-state index contributed by atoms with van der Waals surface area (Å²) in [5, 5.41) is 7.00. The van der Waals surface area contributed by atoms with Gasteiger partial charge in [0.1, 0.15) is 0 Å². The molecule has 1 aliphatic rings. The first-order chi connectivity index (χ1) is 15.9. The van der Waals surface area contributed by atoms with Crippen molar-refractivity contribution in [3.8, 4) is 0 Å². The molecule has 0 spiro atoms. The van der Waals surface area contributed by atoms with E-state index in [9.17, 15) is 14.4 Å². The Balaban J connectivity index is 1.37. The molecule has 3 aromatic rings. The van der Waals surface area contributed by atoms with Gasteiger partial charge in [0, 0.05) is 18.8 Å². The Morgan fingerprint density at radius 1 is 1.03 bits per heavy atom. The van der Waals surface area contributed by atoms with Crippen LogP contribution in [-0.4, -0.2) is 44.8 Å². The van der Waals surface area contributed by atoms with Crippen molar-refractivity contribution in [3.05, 3.63) is 93.6 Å². The molecule has 4 rings (SSSR count). The highest BCUT2D eigenvalue weighted by molar-refractivity contribution is 8.18. The molecule has 3 amide bonds. The van der Waals surface area contributed by atoms with Gasteiger partial charge in [0.2, 0.25) is 0 Å². The zero-order valence-corrected chi connectivity index (χ0v) is 19.3. The molecule has 1 saturated heterocycles. The second kappa shape index (κ2) is 9.87. The van der Waals surface area contributed by atoms with E-state index in [1.54, 1.807) is 13.0 Å². The van der Waals surface area contributed by atoms with E-state index in [1.165, 1.54) is 0 Å². The minimum atomic E-state index is -0.342. The predicted molar refractivity (Wildman–Crippen MR) is 129 cm³/mol. The Hall–Kier alpha value is -3.65. The van der Waals surface area contributed by atoms with E-state index in [1.807, 2.05) is 72.3 Å². The first-order valence-electron chi connectivity index (χ1n) is 10.6. The molecule has 1 aliphatic heterocycles. The molecule has 33 heavy (non-hydrogen) atoms. The molecule has 1 N–H and O–H groups in total. The number of imide groups is 1. The van der Waals surface area contributed by atoms with E-state index in [2.05, 4.69) is 10.4 Å². The Labute approximate surface area is 196 Å². The van der Waals surface area contributed by atoms with Crippen LogP contribution >= 0.6 is 11.8 Å². The van der Waals surface area contributed by atoms with Crippen molar-refractivity contribution >= 4 is 34.9 Å². The van der Waals surface area contributed by atoms with Crippen LogP contribution in [0.5, 0.6) is 0 Å². The van der Waals surface area contributed by atoms with Gasteiger partial charge >= 0.3 is 0 Å². The summed E-state index contributed by atoms with van der Waals surface area (Å²) < 4.78 is 1.81. The lowest BCUT2D eigenvalue weighted by Gasteiger charge is -2.13. The standard InChI is InChI=1S/C25H24N4O3S/c1-17-22(18(2)29(27-17)16-20-11-7-4-8-12-20)23(30)26-13-14-28-24(31)21(33-25(28)32)15-19-9-5-3-6-10-19/h3-12,15H,13-14,16H2,1-2H3,(H,26,30)/b21-15+.